The smallest absolute Gasteiger partial charge is 0.252 e. The Bertz CT molecular complexity index is 878. The van der Waals surface area contributed by atoms with E-state index in [9.17, 15) is 4.79 Å². The van der Waals surface area contributed by atoms with E-state index in [0.717, 1.165) is 22.0 Å². The Morgan fingerprint density at radius 3 is 2.33 bits per heavy atom. The summed E-state index contributed by atoms with van der Waals surface area (Å²) in [5, 5.41) is 3.10. The van der Waals surface area contributed by atoms with Gasteiger partial charge in [-0.05, 0) is 42.3 Å². The third kappa shape index (κ3) is 5.14. The highest BCUT2D eigenvalue weighted by molar-refractivity contribution is 7.98. The maximum absolute atomic E-state index is 12.8. The highest BCUT2D eigenvalue weighted by atomic mass is 32.2. The van der Waals surface area contributed by atoms with Gasteiger partial charge in [0.25, 0.3) is 5.91 Å². The maximum atomic E-state index is 12.8. The van der Waals surface area contributed by atoms with Crippen molar-refractivity contribution < 1.29 is 9.53 Å². The van der Waals surface area contributed by atoms with E-state index >= 15 is 0 Å². The minimum absolute atomic E-state index is 0.0607. The quantitative estimate of drug-likeness (QED) is 0.554. The molecule has 3 rings (SSSR count). The number of hydrogen-bond acceptors (Lipinski definition) is 3. The molecule has 0 aromatic heterocycles. The summed E-state index contributed by atoms with van der Waals surface area (Å²) < 4.78 is 5.19. The van der Waals surface area contributed by atoms with Gasteiger partial charge < -0.3 is 10.1 Å². The van der Waals surface area contributed by atoms with Gasteiger partial charge in [-0.25, -0.2) is 0 Å². The monoisotopic (exact) mass is 377 g/mol. The minimum Gasteiger partial charge on any atom is -0.497 e. The Hall–Kier alpha value is -2.72. The highest BCUT2D eigenvalue weighted by Crippen LogP contribution is 2.27. The molecule has 0 spiro atoms. The number of methoxy groups -OCH3 is 1. The van der Waals surface area contributed by atoms with Crippen molar-refractivity contribution >= 4 is 17.7 Å². The van der Waals surface area contributed by atoms with E-state index in [1.54, 1.807) is 18.9 Å². The summed E-state index contributed by atoms with van der Waals surface area (Å²) >= 11 is 1.68. The lowest BCUT2D eigenvalue weighted by Crippen LogP contribution is -2.27. The molecule has 0 aliphatic heterocycles. The van der Waals surface area contributed by atoms with Gasteiger partial charge >= 0.3 is 0 Å². The largest absolute Gasteiger partial charge is 0.497 e. The Balaban J connectivity index is 1.68. The fraction of sp³-hybridized carbons (Fsp3) is 0.174. The number of hydrogen-bond donors (Lipinski definition) is 1. The zero-order chi connectivity index (χ0) is 19.1. The molecule has 4 heteroatoms. The summed E-state index contributed by atoms with van der Waals surface area (Å²) in [6.45, 7) is 1.99. The second-order valence-electron chi connectivity index (χ2n) is 6.24. The average Bonchev–Trinajstić information content (AvgIpc) is 2.73. The predicted octanol–water partition coefficient (Wildman–Crippen LogP) is 5.48. The van der Waals surface area contributed by atoms with Gasteiger partial charge in [-0.1, -0.05) is 54.6 Å². The molecule has 1 N–H and O–H groups in total. The van der Waals surface area contributed by atoms with Crippen LogP contribution < -0.4 is 10.1 Å². The van der Waals surface area contributed by atoms with Crippen LogP contribution in [-0.2, 0) is 5.75 Å². The standard InChI is InChI=1S/C23H23NO2S/c1-17(19-12-14-20(26-2)15-13-19)24-23(25)21-10-6-7-11-22(21)27-16-18-8-4-3-5-9-18/h3-15,17H,16H2,1-2H3,(H,24,25)/t17-/m1/s1. The molecule has 0 aliphatic carbocycles. The molecule has 0 fully saturated rings. The van der Waals surface area contributed by atoms with Gasteiger partial charge in [0.2, 0.25) is 0 Å². The average molecular weight is 378 g/mol. The van der Waals surface area contributed by atoms with Crippen molar-refractivity contribution in [2.45, 2.75) is 23.6 Å². The number of benzene rings is 3. The van der Waals surface area contributed by atoms with Crippen LogP contribution in [0.4, 0.5) is 0 Å². The fourth-order valence-electron chi connectivity index (χ4n) is 2.77. The number of nitrogens with one attached hydrogen (secondary N) is 1. The Kier molecular flexibility index (Phi) is 6.55. The van der Waals surface area contributed by atoms with Crippen molar-refractivity contribution in [2.75, 3.05) is 7.11 Å². The van der Waals surface area contributed by atoms with Crippen molar-refractivity contribution in [2.24, 2.45) is 0 Å². The molecule has 0 saturated heterocycles. The van der Waals surface area contributed by atoms with Crippen LogP contribution in [-0.4, -0.2) is 13.0 Å². The molecule has 0 bridgehead atoms. The topological polar surface area (TPSA) is 38.3 Å². The number of carbonyl (C=O) groups excluding carboxylic acids is 1. The molecular formula is C23H23NO2S. The van der Waals surface area contributed by atoms with Crippen molar-refractivity contribution in [1.29, 1.82) is 0 Å². The molecule has 0 radical (unpaired) electrons. The van der Waals surface area contributed by atoms with E-state index in [0.29, 0.717) is 5.56 Å². The van der Waals surface area contributed by atoms with Crippen molar-refractivity contribution in [1.82, 2.24) is 5.32 Å². The van der Waals surface area contributed by atoms with Gasteiger partial charge in [0, 0.05) is 10.6 Å². The highest BCUT2D eigenvalue weighted by Gasteiger charge is 2.15. The number of amides is 1. The van der Waals surface area contributed by atoms with Crippen molar-refractivity contribution in [3.05, 3.63) is 95.6 Å². The molecule has 1 atom stereocenters. The van der Waals surface area contributed by atoms with Crippen LogP contribution >= 0.6 is 11.8 Å². The van der Waals surface area contributed by atoms with Crippen LogP contribution in [0.5, 0.6) is 5.75 Å². The molecule has 1 amide bonds. The lowest BCUT2D eigenvalue weighted by Gasteiger charge is -2.16. The predicted molar refractivity (Wildman–Crippen MR) is 111 cm³/mol. The van der Waals surface area contributed by atoms with Crippen LogP contribution in [0, 0.1) is 0 Å². The summed E-state index contributed by atoms with van der Waals surface area (Å²) in [7, 11) is 1.64. The summed E-state index contributed by atoms with van der Waals surface area (Å²) in [4.78, 5) is 13.8. The Labute approximate surface area is 164 Å². The summed E-state index contributed by atoms with van der Waals surface area (Å²) in [6.07, 6.45) is 0. The fourth-order valence-corrected chi connectivity index (χ4v) is 3.77. The van der Waals surface area contributed by atoms with Gasteiger partial charge in [-0.15, -0.1) is 11.8 Å². The van der Waals surface area contributed by atoms with Crippen LogP contribution in [0.15, 0.2) is 83.8 Å². The van der Waals surface area contributed by atoms with Crippen LogP contribution in [0.1, 0.15) is 34.5 Å². The first-order chi connectivity index (χ1) is 13.2. The maximum Gasteiger partial charge on any atom is 0.252 e. The normalized spacial score (nSPS) is 11.6. The van der Waals surface area contributed by atoms with E-state index in [4.69, 9.17) is 4.74 Å². The third-order valence-electron chi connectivity index (χ3n) is 4.33. The van der Waals surface area contributed by atoms with Gasteiger partial charge in [-0.2, -0.15) is 0 Å². The van der Waals surface area contributed by atoms with Crippen molar-refractivity contribution in [3.63, 3.8) is 0 Å². The van der Waals surface area contributed by atoms with E-state index in [1.807, 2.05) is 73.7 Å². The lowest BCUT2D eigenvalue weighted by atomic mass is 10.1. The molecule has 3 aromatic rings. The third-order valence-corrected chi connectivity index (χ3v) is 5.48. The minimum atomic E-state index is -0.0874. The SMILES string of the molecule is COc1ccc([C@@H](C)NC(=O)c2ccccc2SCc2ccccc2)cc1. The molecule has 0 aliphatic rings. The number of thioether (sulfide) groups is 1. The number of rotatable bonds is 7. The van der Waals surface area contributed by atoms with Gasteiger partial charge in [0.1, 0.15) is 5.75 Å². The lowest BCUT2D eigenvalue weighted by molar-refractivity contribution is 0.0937. The van der Waals surface area contributed by atoms with E-state index < -0.39 is 0 Å². The summed E-state index contributed by atoms with van der Waals surface area (Å²) in [5.41, 5.74) is 2.99. The number of ether oxygens (including phenoxy) is 1. The molecular weight excluding hydrogens is 354 g/mol. The first-order valence-corrected chi connectivity index (χ1v) is 9.86. The second kappa shape index (κ2) is 9.28. The van der Waals surface area contributed by atoms with Crippen LogP contribution in [0.2, 0.25) is 0 Å². The van der Waals surface area contributed by atoms with Crippen LogP contribution in [0.25, 0.3) is 0 Å². The van der Waals surface area contributed by atoms with Gasteiger partial charge in [0.15, 0.2) is 0 Å². The van der Waals surface area contributed by atoms with Crippen molar-refractivity contribution in [3.8, 4) is 5.75 Å². The van der Waals surface area contributed by atoms with Gasteiger partial charge in [-0.3, -0.25) is 4.79 Å². The molecule has 3 nitrogen and oxygen atoms in total. The van der Waals surface area contributed by atoms with Crippen LogP contribution in [0.3, 0.4) is 0 Å². The molecule has 138 valence electrons. The molecule has 0 saturated carbocycles. The van der Waals surface area contributed by atoms with E-state index in [2.05, 4.69) is 17.4 Å². The molecule has 0 heterocycles. The molecule has 3 aromatic carbocycles. The zero-order valence-corrected chi connectivity index (χ0v) is 16.3. The molecule has 0 unspecified atom stereocenters. The summed E-state index contributed by atoms with van der Waals surface area (Å²) in [6, 6.07) is 25.7. The van der Waals surface area contributed by atoms with E-state index in [1.165, 1.54) is 5.56 Å². The second-order valence-corrected chi connectivity index (χ2v) is 7.26. The van der Waals surface area contributed by atoms with Gasteiger partial charge in [0.05, 0.1) is 18.7 Å². The summed E-state index contributed by atoms with van der Waals surface area (Å²) in [5.74, 6) is 1.58. The zero-order valence-electron chi connectivity index (χ0n) is 15.5. The Morgan fingerprint density at radius 2 is 1.63 bits per heavy atom. The number of carbonyl (C=O) groups is 1. The Morgan fingerprint density at radius 1 is 0.963 bits per heavy atom. The molecule has 27 heavy (non-hydrogen) atoms. The first-order valence-electron chi connectivity index (χ1n) is 8.88. The van der Waals surface area contributed by atoms with E-state index in [-0.39, 0.29) is 11.9 Å². The first kappa shape index (κ1) is 19.1.